The van der Waals surface area contributed by atoms with Gasteiger partial charge in [0.25, 0.3) is 0 Å². The van der Waals surface area contributed by atoms with Crippen LogP contribution in [0.25, 0.3) is 0 Å². The zero-order chi connectivity index (χ0) is 20.2. The summed E-state index contributed by atoms with van der Waals surface area (Å²) in [6, 6.07) is 7.43. The molecule has 0 amide bonds. The summed E-state index contributed by atoms with van der Waals surface area (Å²) >= 11 is 0. The Hall–Kier alpha value is -0.280. The van der Waals surface area contributed by atoms with E-state index in [2.05, 4.69) is 11.2 Å². The molecule has 0 saturated carbocycles. The first-order valence-corrected chi connectivity index (χ1v) is 10.2. The smallest absolute Gasteiger partial charge is 0.334 e. The number of rotatable bonds is 10. The molecule has 152 valence electrons. The molecule has 0 saturated heterocycles. The lowest BCUT2D eigenvalue weighted by atomic mass is 9.79. The zero-order valence-corrected chi connectivity index (χ0v) is 16.3. The van der Waals surface area contributed by atoms with Gasteiger partial charge in [0.05, 0.1) is 31.3 Å². The predicted octanol–water partition coefficient (Wildman–Crippen LogP) is 0.452. The van der Waals surface area contributed by atoms with Crippen LogP contribution in [-0.2, 0) is 10.7 Å². The topological polar surface area (TPSA) is 171 Å². The minimum absolute atomic E-state index is 0.469. The van der Waals surface area contributed by atoms with Crippen molar-refractivity contribution in [2.24, 2.45) is 5.41 Å². The average Bonchev–Trinajstić information content (AvgIpc) is 2.61. The van der Waals surface area contributed by atoms with Gasteiger partial charge in [0.1, 0.15) is 0 Å². The normalized spacial score (nSPS) is 12.9. The Morgan fingerprint density at radius 3 is 1.85 bits per heavy atom. The number of unbranched alkanes of at least 4 members (excludes halogenated alkanes) is 1. The highest BCUT2D eigenvalue weighted by Crippen LogP contribution is 2.41. The van der Waals surface area contributed by atoms with Crippen molar-refractivity contribution in [2.75, 3.05) is 19.8 Å². The number of aliphatic hydroxyl groups excluding tert-OH is 4. The molecule has 1 unspecified atom stereocenters. The maximum absolute atomic E-state index is 10.4. The molecule has 0 spiro atoms. The maximum Gasteiger partial charge on any atom is 0.334 e. The van der Waals surface area contributed by atoms with Crippen molar-refractivity contribution in [1.82, 2.24) is 0 Å². The van der Waals surface area contributed by atoms with E-state index in [4.69, 9.17) is 19.6 Å². The third-order valence-electron chi connectivity index (χ3n) is 3.82. The van der Waals surface area contributed by atoms with Gasteiger partial charge in [0.2, 0.25) is 0 Å². The van der Waals surface area contributed by atoms with Crippen LogP contribution in [0.2, 0.25) is 0 Å². The molecule has 8 N–H and O–H groups in total. The summed E-state index contributed by atoms with van der Waals surface area (Å²) in [5.41, 5.74) is 0.368. The molecule has 0 bridgehead atoms. The van der Waals surface area contributed by atoms with Crippen molar-refractivity contribution < 1.29 is 44.3 Å². The lowest BCUT2D eigenvalue weighted by molar-refractivity contribution is -0.0855. The van der Waals surface area contributed by atoms with Gasteiger partial charge in [-0.2, -0.15) is 0 Å². The van der Waals surface area contributed by atoms with Gasteiger partial charge < -0.3 is 40.0 Å². The molecular formula is C15H28O9P2. The maximum atomic E-state index is 10.4. The second-order valence-corrected chi connectivity index (χ2v) is 7.29. The first-order valence-electron chi connectivity index (χ1n) is 7.90. The Balaban J connectivity index is 0.000000758. The summed E-state index contributed by atoms with van der Waals surface area (Å²) < 4.78 is 3.60. The van der Waals surface area contributed by atoms with Crippen LogP contribution >= 0.6 is 17.2 Å². The van der Waals surface area contributed by atoms with Gasteiger partial charge >= 0.3 is 17.2 Å². The molecule has 0 aliphatic rings. The van der Waals surface area contributed by atoms with E-state index >= 15 is 0 Å². The van der Waals surface area contributed by atoms with Crippen LogP contribution in [0.3, 0.4) is 0 Å². The summed E-state index contributed by atoms with van der Waals surface area (Å²) in [5.74, 6) is 0. The van der Waals surface area contributed by atoms with Gasteiger partial charge in [-0.25, -0.2) is 4.31 Å². The second-order valence-electron chi connectivity index (χ2n) is 5.63. The van der Waals surface area contributed by atoms with Gasteiger partial charge in [0, 0.05) is 0 Å². The van der Waals surface area contributed by atoms with Crippen molar-refractivity contribution in [1.29, 1.82) is 0 Å². The molecule has 1 aromatic rings. The highest BCUT2D eigenvalue weighted by Gasteiger charge is 2.38. The SMILES string of the molecule is CCCCc1ccccc1C(O)C(CO)(CO)CO.OP(O)OP(O)O. The van der Waals surface area contributed by atoms with E-state index in [1.54, 1.807) is 6.07 Å². The summed E-state index contributed by atoms with van der Waals surface area (Å²) in [4.78, 5) is 31.3. The Kier molecular flexibility index (Phi) is 13.7. The van der Waals surface area contributed by atoms with Crippen LogP contribution in [0, 0.1) is 5.41 Å². The molecule has 1 aromatic carbocycles. The molecule has 11 heteroatoms. The molecule has 1 atom stereocenters. The van der Waals surface area contributed by atoms with Gasteiger partial charge in [-0.3, -0.25) is 0 Å². The Morgan fingerprint density at radius 2 is 1.46 bits per heavy atom. The third-order valence-corrected chi connectivity index (χ3v) is 4.99. The van der Waals surface area contributed by atoms with Gasteiger partial charge in [0.15, 0.2) is 0 Å². The van der Waals surface area contributed by atoms with E-state index in [1.165, 1.54) is 0 Å². The summed E-state index contributed by atoms with van der Waals surface area (Å²) in [6.07, 6.45) is 1.81. The first kappa shape index (κ1) is 25.7. The molecule has 0 heterocycles. The monoisotopic (exact) mass is 414 g/mol. The Labute approximate surface area is 155 Å². The first-order chi connectivity index (χ1) is 12.3. The van der Waals surface area contributed by atoms with E-state index in [-0.39, 0.29) is 0 Å². The quantitative estimate of drug-likeness (QED) is 0.253. The van der Waals surface area contributed by atoms with Gasteiger partial charge in [-0.1, -0.05) is 37.6 Å². The lowest BCUT2D eigenvalue weighted by Crippen LogP contribution is -2.40. The molecule has 1 rings (SSSR count). The fourth-order valence-electron chi connectivity index (χ4n) is 2.20. The largest absolute Gasteiger partial charge is 0.395 e. The molecule has 0 aliphatic heterocycles. The number of hydrogen-bond donors (Lipinski definition) is 8. The molecule has 0 aliphatic carbocycles. The number of benzene rings is 1. The minimum atomic E-state index is -2.61. The molecule has 0 aromatic heterocycles. The van der Waals surface area contributed by atoms with Crippen molar-refractivity contribution in [3.8, 4) is 0 Å². The zero-order valence-electron chi connectivity index (χ0n) is 14.5. The van der Waals surface area contributed by atoms with Crippen molar-refractivity contribution in [2.45, 2.75) is 32.3 Å². The molecule has 0 radical (unpaired) electrons. The number of aryl methyl sites for hydroxylation is 1. The van der Waals surface area contributed by atoms with Crippen molar-refractivity contribution >= 4 is 17.2 Å². The second kappa shape index (κ2) is 13.8. The van der Waals surface area contributed by atoms with Gasteiger partial charge in [-0.05, 0) is 24.0 Å². The summed E-state index contributed by atoms with van der Waals surface area (Å²) in [7, 11) is -5.22. The summed E-state index contributed by atoms with van der Waals surface area (Å²) in [6.45, 7) is 0.689. The minimum Gasteiger partial charge on any atom is -0.395 e. The van der Waals surface area contributed by atoms with Crippen LogP contribution in [0.5, 0.6) is 0 Å². The van der Waals surface area contributed by atoms with E-state index in [0.717, 1.165) is 24.8 Å². The van der Waals surface area contributed by atoms with E-state index in [9.17, 15) is 20.4 Å². The predicted molar refractivity (Wildman–Crippen MR) is 97.5 cm³/mol. The molecule has 26 heavy (non-hydrogen) atoms. The third kappa shape index (κ3) is 8.61. The van der Waals surface area contributed by atoms with E-state index in [1.807, 2.05) is 18.2 Å². The Morgan fingerprint density at radius 1 is 0.962 bits per heavy atom. The van der Waals surface area contributed by atoms with Gasteiger partial charge in [-0.15, -0.1) is 0 Å². The van der Waals surface area contributed by atoms with E-state index in [0.29, 0.717) is 5.56 Å². The standard InChI is InChI=1S/C15H24O4.H4O5P2/c1-2-3-6-12-7-4-5-8-13(12)14(19)15(9-16,10-17)11-18;1-6(2)5-7(3)4/h4-5,7-8,14,16-19H,2-3,6,9-11H2,1H3;1-4H. The Bertz CT molecular complexity index is 470. The number of aliphatic hydroxyl groups is 4. The molecule has 9 nitrogen and oxygen atoms in total. The van der Waals surface area contributed by atoms with Crippen LogP contribution in [0.15, 0.2) is 24.3 Å². The highest BCUT2D eigenvalue weighted by molar-refractivity contribution is 7.53. The fourth-order valence-corrected chi connectivity index (χ4v) is 2.72. The average molecular weight is 414 g/mol. The molecule has 0 fully saturated rings. The fraction of sp³-hybridized carbons (Fsp3) is 0.600. The highest BCUT2D eigenvalue weighted by atomic mass is 31.2. The van der Waals surface area contributed by atoms with E-state index < -0.39 is 48.5 Å². The van der Waals surface area contributed by atoms with Crippen LogP contribution in [0.1, 0.15) is 37.0 Å². The van der Waals surface area contributed by atoms with Crippen molar-refractivity contribution in [3.05, 3.63) is 35.4 Å². The molecular weight excluding hydrogens is 386 g/mol. The van der Waals surface area contributed by atoms with Crippen LogP contribution in [-0.4, -0.2) is 59.8 Å². The van der Waals surface area contributed by atoms with Crippen LogP contribution < -0.4 is 0 Å². The summed E-state index contributed by atoms with van der Waals surface area (Å²) in [5, 5.41) is 38.6. The number of hydrogen-bond acceptors (Lipinski definition) is 9. The van der Waals surface area contributed by atoms with Crippen LogP contribution in [0.4, 0.5) is 0 Å². The lowest BCUT2D eigenvalue weighted by Gasteiger charge is -2.34. The van der Waals surface area contributed by atoms with Crippen molar-refractivity contribution in [3.63, 3.8) is 0 Å².